The molecule has 1 rings (SSSR count). The van der Waals surface area contributed by atoms with Crippen LogP contribution < -0.4 is 5.32 Å². The van der Waals surface area contributed by atoms with Crippen LogP contribution in [0.25, 0.3) is 0 Å². The van der Waals surface area contributed by atoms with Crippen molar-refractivity contribution >= 4 is 5.91 Å². The zero-order valence-corrected chi connectivity index (χ0v) is 11.7. The fourth-order valence-corrected chi connectivity index (χ4v) is 2.29. The first-order chi connectivity index (χ1) is 8.52. The van der Waals surface area contributed by atoms with Crippen LogP contribution in [0.2, 0.25) is 0 Å². The number of ether oxygens (including phenoxy) is 1. The van der Waals surface area contributed by atoms with Gasteiger partial charge in [0, 0.05) is 20.1 Å². The number of amides is 1. The molecule has 1 aliphatic heterocycles. The van der Waals surface area contributed by atoms with E-state index in [0.717, 1.165) is 25.9 Å². The van der Waals surface area contributed by atoms with Crippen molar-refractivity contribution in [2.45, 2.75) is 38.9 Å². The predicted molar refractivity (Wildman–Crippen MR) is 70.3 cm³/mol. The van der Waals surface area contributed by atoms with Crippen LogP contribution in [-0.4, -0.2) is 61.4 Å². The number of likely N-dealkylation sites (tertiary alicyclic amines) is 1. The Balaban J connectivity index is 2.31. The van der Waals surface area contributed by atoms with Gasteiger partial charge in [0.1, 0.15) is 0 Å². The number of carbonyl (C=O) groups excluding carboxylic acids is 1. The molecule has 0 bridgehead atoms. The SMILES string of the molecule is CNC(=O)C1CCCN(CC(O)COC(C)C)C1. The number of carbonyl (C=O) groups is 1. The first kappa shape index (κ1) is 15.4. The van der Waals surface area contributed by atoms with Crippen molar-refractivity contribution in [2.75, 3.05) is 33.3 Å². The molecule has 0 radical (unpaired) electrons. The van der Waals surface area contributed by atoms with Crippen LogP contribution in [0, 0.1) is 5.92 Å². The number of hydrogen-bond acceptors (Lipinski definition) is 4. The molecule has 5 heteroatoms. The van der Waals surface area contributed by atoms with E-state index in [0.29, 0.717) is 13.2 Å². The van der Waals surface area contributed by atoms with Gasteiger partial charge in [-0.15, -0.1) is 0 Å². The molecule has 106 valence electrons. The van der Waals surface area contributed by atoms with Crippen LogP contribution in [0.15, 0.2) is 0 Å². The zero-order chi connectivity index (χ0) is 13.5. The first-order valence-electron chi connectivity index (χ1n) is 6.76. The smallest absolute Gasteiger partial charge is 0.224 e. The molecular weight excluding hydrogens is 232 g/mol. The first-order valence-corrected chi connectivity index (χ1v) is 6.76. The Hall–Kier alpha value is -0.650. The average molecular weight is 258 g/mol. The summed E-state index contributed by atoms with van der Waals surface area (Å²) in [7, 11) is 1.67. The van der Waals surface area contributed by atoms with E-state index in [1.165, 1.54) is 0 Å². The van der Waals surface area contributed by atoms with Gasteiger partial charge in [0.15, 0.2) is 0 Å². The predicted octanol–water partition coefficient (Wildman–Crippen LogP) is 0.230. The summed E-state index contributed by atoms with van der Waals surface area (Å²) in [5, 5.41) is 12.6. The molecule has 0 aromatic rings. The van der Waals surface area contributed by atoms with Gasteiger partial charge in [-0.2, -0.15) is 0 Å². The topological polar surface area (TPSA) is 61.8 Å². The van der Waals surface area contributed by atoms with Crippen LogP contribution in [0.5, 0.6) is 0 Å². The Labute approximate surface area is 109 Å². The van der Waals surface area contributed by atoms with Gasteiger partial charge in [-0.3, -0.25) is 9.69 Å². The Kier molecular flexibility index (Phi) is 6.60. The van der Waals surface area contributed by atoms with Gasteiger partial charge in [0.25, 0.3) is 0 Å². The molecule has 1 amide bonds. The Morgan fingerprint density at radius 2 is 2.28 bits per heavy atom. The number of aliphatic hydroxyl groups excluding tert-OH is 1. The molecule has 5 nitrogen and oxygen atoms in total. The molecule has 2 atom stereocenters. The number of nitrogens with one attached hydrogen (secondary N) is 1. The summed E-state index contributed by atoms with van der Waals surface area (Å²) in [5.74, 6) is 0.162. The number of nitrogens with zero attached hydrogens (tertiary/aromatic N) is 1. The molecule has 0 aromatic heterocycles. The highest BCUT2D eigenvalue weighted by Crippen LogP contribution is 2.16. The van der Waals surface area contributed by atoms with E-state index < -0.39 is 6.10 Å². The monoisotopic (exact) mass is 258 g/mol. The quantitative estimate of drug-likeness (QED) is 0.716. The highest BCUT2D eigenvalue weighted by Gasteiger charge is 2.26. The van der Waals surface area contributed by atoms with Gasteiger partial charge in [0.05, 0.1) is 24.7 Å². The number of hydrogen-bond donors (Lipinski definition) is 2. The minimum atomic E-state index is -0.476. The lowest BCUT2D eigenvalue weighted by molar-refractivity contribution is -0.126. The standard InChI is InChI=1S/C13H26N2O3/c1-10(2)18-9-12(16)8-15-6-4-5-11(7-15)13(17)14-3/h10-12,16H,4-9H2,1-3H3,(H,14,17). The summed E-state index contributed by atoms with van der Waals surface area (Å²) in [6, 6.07) is 0. The van der Waals surface area contributed by atoms with E-state index in [1.807, 2.05) is 13.8 Å². The van der Waals surface area contributed by atoms with Gasteiger partial charge >= 0.3 is 0 Å². The maximum absolute atomic E-state index is 11.6. The van der Waals surface area contributed by atoms with Crippen molar-refractivity contribution in [1.82, 2.24) is 10.2 Å². The van der Waals surface area contributed by atoms with Crippen molar-refractivity contribution in [3.05, 3.63) is 0 Å². The molecule has 2 unspecified atom stereocenters. The number of rotatable bonds is 6. The lowest BCUT2D eigenvalue weighted by Gasteiger charge is -2.33. The average Bonchev–Trinajstić information content (AvgIpc) is 2.35. The van der Waals surface area contributed by atoms with E-state index >= 15 is 0 Å². The molecule has 0 saturated carbocycles. The highest BCUT2D eigenvalue weighted by molar-refractivity contribution is 5.78. The van der Waals surface area contributed by atoms with Gasteiger partial charge in [0.2, 0.25) is 5.91 Å². The summed E-state index contributed by atoms with van der Waals surface area (Å²) in [6.07, 6.45) is 1.61. The molecular formula is C13H26N2O3. The molecule has 1 saturated heterocycles. The van der Waals surface area contributed by atoms with Crippen molar-refractivity contribution in [1.29, 1.82) is 0 Å². The van der Waals surface area contributed by atoms with Gasteiger partial charge < -0.3 is 15.2 Å². The van der Waals surface area contributed by atoms with Gasteiger partial charge in [-0.05, 0) is 33.2 Å². The molecule has 1 aliphatic rings. The minimum absolute atomic E-state index is 0.0574. The Morgan fingerprint density at radius 3 is 2.89 bits per heavy atom. The second-order valence-electron chi connectivity index (χ2n) is 5.25. The van der Waals surface area contributed by atoms with Crippen LogP contribution in [0.3, 0.4) is 0 Å². The number of piperidine rings is 1. The fourth-order valence-electron chi connectivity index (χ4n) is 2.29. The molecule has 1 fully saturated rings. The van der Waals surface area contributed by atoms with Crippen molar-refractivity contribution in [3.8, 4) is 0 Å². The molecule has 18 heavy (non-hydrogen) atoms. The van der Waals surface area contributed by atoms with Crippen molar-refractivity contribution in [3.63, 3.8) is 0 Å². The van der Waals surface area contributed by atoms with Crippen molar-refractivity contribution < 1.29 is 14.6 Å². The second kappa shape index (κ2) is 7.71. The normalized spacial score (nSPS) is 23.1. The van der Waals surface area contributed by atoms with E-state index in [9.17, 15) is 9.90 Å². The molecule has 2 N–H and O–H groups in total. The minimum Gasteiger partial charge on any atom is -0.389 e. The second-order valence-corrected chi connectivity index (χ2v) is 5.25. The number of β-amino-alcohol motifs (C(OH)–C–C–N with tert-alkyl or cyclic N) is 1. The van der Waals surface area contributed by atoms with Gasteiger partial charge in [-0.25, -0.2) is 0 Å². The molecule has 1 heterocycles. The van der Waals surface area contributed by atoms with E-state index in [-0.39, 0.29) is 17.9 Å². The maximum atomic E-state index is 11.6. The van der Waals surface area contributed by atoms with Gasteiger partial charge in [-0.1, -0.05) is 0 Å². The summed E-state index contributed by atoms with van der Waals surface area (Å²) < 4.78 is 5.38. The lowest BCUT2D eigenvalue weighted by atomic mass is 9.97. The third-order valence-corrected chi connectivity index (χ3v) is 3.21. The summed E-state index contributed by atoms with van der Waals surface area (Å²) in [4.78, 5) is 13.7. The third-order valence-electron chi connectivity index (χ3n) is 3.21. The molecule has 0 aromatic carbocycles. The van der Waals surface area contributed by atoms with Crippen LogP contribution in [0.4, 0.5) is 0 Å². The van der Waals surface area contributed by atoms with Crippen LogP contribution >= 0.6 is 0 Å². The molecule has 0 aliphatic carbocycles. The van der Waals surface area contributed by atoms with Crippen LogP contribution in [0.1, 0.15) is 26.7 Å². The number of aliphatic hydroxyl groups is 1. The largest absolute Gasteiger partial charge is 0.389 e. The van der Waals surface area contributed by atoms with Crippen molar-refractivity contribution in [2.24, 2.45) is 5.92 Å². The Bertz CT molecular complexity index is 259. The Morgan fingerprint density at radius 1 is 1.56 bits per heavy atom. The zero-order valence-electron chi connectivity index (χ0n) is 11.7. The van der Waals surface area contributed by atoms with E-state index in [4.69, 9.17) is 4.74 Å². The fraction of sp³-hybridized carbons (Fsp3) is 0.923. The maximum Gasteiger partial charge on any atom is 0.224 e. The van der Waals surface area contributed by atoms with E-state index in [2.05, 4.69) is 10.2 Å². The van der Waals surface area contributed by atoms with E-state index in [1.54, 1.807) is 7.05 Å². The highest BCUT2D eigenvalue weighted by atomic mass is 16.5. The lowest BCUT2D eigenvalue weighted by Crippen LogP contribution is -2.45. The summed E-state index contributed by atoms with van der Waals surface area (Å²) in [6.45, 7) is 6.54. The third kappa shape index (κ3) is 5.33. The van der Waals surface area contributed by atoms with Crippen LogP contribution in [-0.2, 0) is 9.53 Å². The summed E-state index contributed by atoms with van der Waals surface area (Å²) >= 11 is 0. The summed E-state index contributed by atoms with van der Waals surface area (Å²) in [5.41, 5.74) is 0. The molecule has 0 spiro atoms.